The molecule has 90 valence electrons. The maximum atomic E-state index is 11.3. The van der Waals surface area contributed by atoms with Gasteiger partial charge in [0.1, 0.15) is 4.90 Å². The second-order valence-corrected chi connectivity index (χ2v) is 5.10. The molecule has 0 aliphatic carbocycles. The number of primary sulfonamides is 1. The number of sulfonamides is 1. The molecular formula is C10H16N2O3S. The predicted octanol–water partition coefficient (Wildman–Crippen LogP) is 1.30. The molecule has 0 radical (unpaired) electrons. The van der Waals surface area contributed by atoms with Gasteiger partial charge in [-0.3, -0.25) is 0 Å². The zero-order valence-electron chi connectivity index (χ0n) is 9.38. The van der Waals surface area contributed by atoms with E-state index in [1.165, 1.54) is 18.3 Å². The summed E-state index contributed by atoms with van der Waals surface area (Å²) in [6, 6.07) is 2.90. The standard InChI is InChI=1S/C10H16N2O3S/c1-3-5-8(2)15-10-9(16(11,13)14)6-4-7-12-10/h4,6-8H,3,5H2,1-2H3,(H2,11,13,14). The number of hydrogen-bond acceptors (Lipinski definition) is 4. The highest BCUT2D eigenvalue weighted by molar-refractivity contribution is 7.89. The Morgan fingerprint density at radius 3 is 2.81 bits per heavy atom. The summed E-state index contributed by atoms with van der Waals surface area (Å²) in [5, 5.41) is 5.06. The van der Waals surface area contributed by atoms with Crippen LogP contribution in [0.4, 0.5) is 0 Å². The third kappa shape index (κ3) is 3.46. The highest BCUT2D eigenvalue weighted by Crippen LogP contribution is 2.20. The predicted molar refractivity (Wildman–Crippen MR) is 60.6 cm³/mol. The molecule has 1 aromatic heterocycles. The molecule has 0 amide bonds. The van der Waals surface area contributed by atoms with E-state index in [9.17, 15) is 8.42 Å². The van der Waals surface area contributed by atoms with Crippen molar-refractivity contribution < 1.29 is 13.2 Å². The minimum atomic E-state index is -3.78. The van der Waals surface area contributed by atoms with Gasteiger partial charge in [-0.2, -0.15) is 0 Å². The first-order valence-corrected chi connectivity index (χ1v) is 6.64. The second-order valence-electron chi connectivity index (χ2n) is 3.57. The fourth-order valence-corrected chi connectivity index (χ4v) is 1.95. The van der Waals surface area contributed by atoms with Gasteiger partial charge in [0, 0.05) is 6.20 Å². The lowest BCUT2D eigenvalue weighted by Gasteiger charge is -2.14. The molecule has 0 saturated heterocycles. The Morgan fingerprint density at radius 2 is 2.25 bits per heavy atom. The van der Waals surface area contributed by atoms with E-state index in [2.05, 4.69) is 4.98 Å². The number of nitrogens with two attached hydrogens (primary N) is 1. The number of ether oxygens (including phenoxy) is 1. The van der Waals surface area contributed by atoms with E-state index in [0.717, 1.165) is 12.8 Å². The number of aromatic nitrogens is 1. The van der Waals surface area contributed by atoms with E-state index in [1.807, 2.05) is 13.8 Å². The monoisotopic (exact) mass is 244 g/mol. The van der Waals surface area contributed by atoms with Gasteiger partial charge < -0.3 is 4.74 Å². The van der Waals surface area contributed by atoms with Crippen LogP contribution >= 0.6 is 0 Å². The molecule has 0 bridgehead atoms. The first-order valence-electron chi connectivity index (χ1n) is 5.09. The Hall–Kier alpha value is -1.14. The molecular weight excluding hydrogens is 228 g/mol. The molecule has 1 atom stereocenters. The van der Waals surface area contributed by atoms with Crippen LogP contribution in [0.2, 0.25) is 0 Å². The minimum absolute atomic E-state index is 0.0713. The molecule has 0 fully saturated rings. The second kappa shape index (κ2) is 5.27. The summed E-state index contributed by atoms with van der Waals surface area (Å²) in [6.07, 6.45) is 3.18. The van der Waals surface area contributed by atoms with Gasteiger partial charge in [0.05, 0.1) is 6.10 Å². The zero-order valence-corrected chi connectivity index (χ0v) is 10.2. The fraction of sp³-hybridized carbons (Fsp3) is 0.500. The maximum absolute atomic E-state index is 11.3. The van der Waals surface area contributed by atoms with E-state index in [4.69, 9.17) is 9.88 Å². The van der Waals surface area contributed by atoms with Crippen LogP contribution in [-0.4, -0.2) is 19.5 Å². The van der Waals surface area contributed by atoms with Crippen molar-refractivity contribution in [2.24, 2.45) is 5.14 Å². The highest BCUT2D eigenvalue weighted by atomic mass is 32.2. The summed E-state index contributed by atoms with van der Waals surface area (Å²) >= 11 is 0. The molecule has 0 aliphatic rings. The normalized spacial score (nSPS) is 13.4. The molecule has 0 saturated carbocycles. The summed E-state index contributed by atoms with van der Waals surface area (Å²) in [7, 11) is -3.78. The van der Waals surface area contributed by atoms with E-state index in [1.54, 1.807) is 0 Å². The van der Waals surface area contributed by atoms with Gasteiger partial charge in [0.15, 0.2) is 0 Å². The van der Waals surface area contributed by atoms with Crippen LogP contribution in [0.25, 0.3) is 0 Å². The highest BCUT2D eigenvalue weighted by Gasteiger charge is 2.17. The number of rotatable bonds is 5. The van der Waals surface area contributed by atoms with Crippen molar-refractivity contribution in [1.82, 2.24) is 4.98 Å². The average molecular weight is 244 g/mol. The quantitative estimate of drug-likeness (QED) is 0.846. The van der Waals surface area contributed by atoms with Crippen molar-refractivity contribution in [3.63, 3.8) is 0 Å². The molecule has 0 aliphatic heterocycles. The molecule has 1 aromatic rings. The van der Waals surface area contributed by atoms with E-state index >= 15 is 0 Å². The van der Waals surface area contributed by atoms with Crippen molar-refractivity contribution in [2.45, 2.75) is 37.7 Å². The molecule has 5 nitrogen and oxygen atoms in total. The molecule has 1 rings (SSSR count). The van der Waals surface area contributed by atoms with Crippen molar-refractivity contribution >= 4 is 10.0 Å². The summed E-state index contributed by atoms with van der Waals surface area (Å²) in [5.41, 5.74) is 0. The summed E-state index contributed by atoms with van der Waals surface area (Å²) in [5.74, 6) is 0.0750. The maximum Gasteiger partial charge on any atom is 0.243 e. The van der Waals surface area contributed by atoms with E-state index < -0.39 is 10.0 Å². The Bertz CT molecular complexity index is 445. The topological polar surface area (TPSA) is 82.3 Å². The molecule has 6 heteroatoms. The average Bonchev–Trinajstić information content (AvgIpc) is 2.17. The van der Waals surface area contributed by atoms with Gasteiger partial charge in [-0.05, 0) is 25.5 Å². The lowest BCUT2D eigenvalue weighted by Crippen LogP contribution is -2.18. The zero-order chi connectivity index (χ0) is 12.2. The van der Waals surface area contributed by atoms with Gasteiger partial charge in [0.25, 0.3) is 0 Å². The fourth-order valence-electron chi connectivity index (χ4n) is 1.34. The number of pyridine rings is 1. The van der Waals surface area contributed by atoms with Crippen molar-refractivity contribution in [2.75, 3.05) is 0 Å². The molecule has 2 N–H and O–H groups in total. The molecule has 16 heavy (non-hydrogen) atoms. The van der Waals surface area contributed by atoms with Crippen LogP contribution < -0.4 is 9.88 Å². The lowest BCUT2D eigenvalue weighted by atomic mass is 10.2. The van der Waals surface area contributed by atoms with Crippen LogP contribution in [0.1, 0.15) is 26.7 Å². The van der Waals surface area contributed by atoms with Gasteiger partial charge >= 0.3 is 0 Å². The van der Waals surface area contributed by atoms with Crippen molar-refractivity contribution in [1.29, 1.82) is 0 Å². The Kier molecular flexibility index (Phi) is 4.26. The van der Waals surface area contributed by atoms with Crippen molar-refractivity contribution in [3.05, 3.63) is 18.3 Å². The van der Waals surface area contributed by atoms with Crippen LogP contribution in [-0.2, 0) is 10.0 Å². The summed E-state index contributed by atoms with van der Waals surface area (Å²) in [6.45, 7) is 3.89. The minimum Gasteiger partial charge on any atom is -0.474 e. The smallest absolute Gasteiger partial charge is 0.243 e. The van der Waals surface area contributed by atoms with Crippen LogP contribution in [0.15, 0.2) is 23.2 Å². The Morgan fingerprint density at radius 1 is 1.56 bits per heavy atom. The molecule has 1 heterocycles. The SMILES string of the molecule is CCCC(C)Oc1ncccc1S(N)(=O)=O. The first-order chi connectivity index (χ1) is 7.45. The molecule has 0 spiro atoms. The van der Waals surface area contributed by atoms with Gasteiger partial charge in [-0.25, -0.2) is 18.5 Å². The summed E-state index contributed by atoms with van der Waals surface area (Å²) < 4.78 is 27.9. The van der Waals surface area contributed by atoms with Crippen LogP contribution in [0.5, 0.6) is 5.88 Å². The van der Waals surface area contributed by atoms with E-state index in [-0.39, 0.29) is 16.9 Å². The van der Waals surface area contributed by atoms with Gasteiger partial charge in [0.2, 0.25) is 15.9 Å². The lowest BCUT2D eigenvalue weighted by molar-refractivity contribution is 0.195. The third-order valence-corrected chi connectivity index (χ3v) is 2.97. The van der Waals surface area contributed by atoms with E-state index in [0.29, 0.717) is 0 Å². The largest absolute Gasteiger partial charge is 0.474 e. The number of hydrogen-bond donors (Lipinski definition) is 1. The Balaban J connectivity index is 2.96. The summed E-state index contributed by atoms with van der Waals surface area (Å²) in [4.78, 5) is 3.81. The Labute approximate surface area is 95.7 Å². The third-order valence-electron chi connectivity index (χ3n) is 2.05. The first kappa shape index (κ1) is 12.9. The number of nitrogens with zero attached hydrogens (tertiary/aromatic N) is 1. The van der Waals surface area contributed by atoms with Crippen LogP contribution in [0, 0.1) is 0 Å². The van der Waals surface area contributed by atoms with Gasteiger partial charge in [-0.1, -0.05) is 13.3 Å². The van der Waals surface area contributed by atoms with Gasteiger partial charge in [-0.15, -0.1) is 0 Å². The van der Waals surface area contributed by atoms with Crippen LogP contribution in [0.3, 0.4) is 0 Å². The molecule has 1 unspecified atom stereocenters. The molecule has 0 aromatic carbocycles. The van der Waals surface area contributed by atoms with Crippen molar-refractivity contribution in [3.8, 4) is 5.88 Å².